The quantitative estimate of drug-likeness (QED) is 0.700. The molecule has 0 amide bonds. The smallest absolute Gasteiger partial charge is 0.0623 e. The van der Waals surface area contributed by atoms with E-state index < -0.39 is 0 Å². The first kappa shape index (κ1) is 11.9. The average Bonchev–Trinajstić information content (AvgIpc) is 3.24. The van der Waals surface area contributed by atoms with Crippen molar-refractivity contribution < 1.29 is 4.74 Å². The van der Waals surface area contributed by atoms with Gasteiger partial charge in [0.25, 0.3) is 0 Å². The van der Waals surface area contributed by atoms with Crippen LogP contribution in [-0.4, -0.2) is 39.4 Å². The second kappa shape index (κ2) is 5.25. The number of ether oxygens (including phenoxy) is 1. The summed E-state index contributed by atoms with van der Waals surface area (Å²) in [6.07, 6.45) is 5.98. The molecule has 2 N–H and O–H groups in total. The summed E-state index contributed by atoms with van der Waals surface area (Å²) in [5.74, 6) is 3.79. The maximum Gasteiger partial charge on any atom is 0.0623 e. The molecule has 3 fully saturated rings. The predicted octanol–water partition coefficient (Wildman–Crippen LogP) is 1.25. The molecule has 0 bridgehead atoms. The highest BCUT2D eigenvalue weighted by Crippen LogP contribution is 2.48. The van der Waals surface area contributed by atoms with Crippen LogP contribution in [-0.2, 0) is 4.74 Å². The van der Waals surface area contributed by atoms with Crippen LogP contribution in [0.5, 0.6) is 0 Å². The van der Waals surface area contributed by atoms with Crippen LogP contribution in [0.15, 0.2) is 0 Å². The Kier molecular flexibility index (Phi) is 3.69. The van der Waals surface area contributed by atoms with Gasteiger partial charge < -0.3 is 15.4 Å². The fourth-order valence-corrected chi connectivity index (χ4v) is 3.32. The number of hydrogen-bond donors (Lipinski definition) is 2. The lowest BCUT2D eigenvalue weighted by Gasteiger charge is -2.20. The van der Waals surface area contributed by atoms with Crippen molar-refractivity contribution in [1.82, 2.24) is 10.6 Å². The first-order valence-electron chi connectivity index (χ1n) is 7.34. The molecule has 3 nitrogen and oxygen atoms in total. The Balaban J connectivity index is 1.38. The van der Waals surface area contributed by atoms with Crippen molar-refractivity contribution in [3.8, 4) is 0 Å². The summed E-state index contributed by atoms with van der Waals surface area (Å²) < 4.78 is 5.54. The molecule has 2 saturated carbocycles. The number of hydrogen-bond acceptors (Lipinski definition) is 3. The second-order valence-corrected chi connectivity index (χ2v) is 6.19. The van der Waals surface area contributed by atoms with Crippen LogP contribution in [0.25, 0.3) is 0 Å². The first-order chi connectivity index (χ1) is 8.38. The second-order valence-electron chi connectivity index (χ2n) is 6.19. The Morgan fingerprint density at radius 1 is 1.12 bits per heavy atom. The molecular formula is C14H26N2O. The minimum atomic E-state index is 0.558. The lowest BCUT2D eigenvalue weighted by Crippen LogP contribution is -2.39. The van der Waals surface area contributed by atoms with E-state index in [0.29, 0.717) is 12.0 Å². The highest BCUT2D eigenvalue weighted by atomic mass is 16.5. The van der Waals surface area contributed by atoms with Gasteiger partial charge in [-0.25, -0.2) is 0 Å². The van der Waals surface area contributed by atoms with Gasteiger partial charge in [0.15, 0.2) is 0 Å². The van der Waals surface area contributed by atoms with Crippen molar-refractivity contribution >= 4 is 0 Å². The Labute approximate surface area is 105 Å². The molecule has 98 valence electrons. The Morgan fingerprint density at radius 3 is 2.41 bits per heavy atom. The summed E-state index contributed by atoms with van der Waals surface area (Å²) >= 11 is 0. The molecular weight excluding hydrogens is 212 g/mol. The maximum absolute atomic E-state index is 5.54. The van der Waals surface area contributed by atoms with Crippen LogP contribution < -0.4 is 10.6 Å². The van der Waals surface area contributed by atoms with Gasteiger partial charge in [0.2, 0.25) is 0 Å². The van der Waals surface area contributed by atoms with Crippen LogP contribution in [0.1, 0.15) is 25.7 Å². The van der Waals surface area contributed by atoms with Gasteiger partial charge in [0, 0.05) is 18.5 Å². The molecule has 0 spiro atoms. The maximum atomic E-state index is 5.54. The Bertz CT molecular complexity index is 239. The summed E-state index contributed by atoms with van der Waals surface area (Å²) in [5.41, 5.74) is 0. The summed E-state index contributed by atoms with van der Waals surface area (Å²) in [6, 6.07) is 0.558. The van der Waals surface area contributed by atoms with E-state index >= 15 is 0 Å². The van der Waals surface area contributed by atoms with Crippen molar-refractivity contribution in [2.45, 2.75) is 31.7 Å². The van der Waals surface area contributed by atoms with Gasteiger partial charge in [-0.15, -0.1) is 0 Å². The van der Waals surface area contributed by atoms with Crippen molar-refractivity contribution in [2.75, 3.05) is 33.4 Å². The van der Waals surface area contributed by atoms with Crippen LogP contribution in [0, 0.1) is 23.7 Å². The molecule has 0 aromatic carbocycles. The molecule has 1 aliphatic heterocycles. The fourth-order valence-electron chi connectivity index (χ4n) is 3.32. The normalized spacial score (nSPS) is 33.5. The highest BCUT2D eigenvalue weighted by molar-refractivity contribution is 4.93. The molecule has 3 rings (SSSR count). The lowest BCUT2D eigenvalue weighted by molar-refractivity contribution is 0.182. The number of rotatable bonds is 7. The van der Waals surface area contributed by atoms with Crippen molar-refractivity contribution in [3.05, 3.63) is 0 Å². The van der Waals surface area contributed by atoms with E-state index in [4.69, 9.17) is 4.74 Å². The summed E-state index contributed by atoms with van der Waals surface area (Å²) in [5, 5.41) is 7.07. The molecule has 2 unspecified atom stereocenters. The Morgan fingerprint density at radius 2 is 1.82 bits per heavy atom. The van der Waals surface area contributed by atoms with E-state index in [1.807, 2.05) is 7.05 Å². The molecule has 1 saturated heterocycles. The summed E-state index contributed by atoms with van der Waals surface area (Å²) in [6.45, 7) is 4.19. The SMILES string of the molecule is CNC1COCC1CNCC(C1CC1)C1CC1. The topological polar surface area (TPSA) is 33.3 Å². The fraction of sp³-hybridized carbons (Fsp3) is 1.00. The third kappa shape index (κ3) is 3.01. The van der Waals surface area contributed by atoms with E-state index in [1.54, 1.807) is 0 Å². The molecule has 1 heterocycles. The molecule has 2 aliphatic carbocycles. The molecule has 0 aromatic rings. The largest absolute Gasteiger partial charge is 0.379 e. The van der Waals surface area contributed by atoms with Crippen LogP contribution in [0.4, 0.5) is 0 Å². The minimum Gasteiger partial charge on any atom is -0.379 e. The van der Waals surface area contributed by atoms with E-state index in [0.717, 1.165) is 37.5 Å². The standard InChI is InChI=1S/C14H26N2O/c1-15-14-9-17-8-12(14)6-16-7-13(10-2-3-10)11-4-5-11/h10-16H,2-9H2,1H3. The van der Waals surface area contributed by atoms with E-state index in [2.05, 4.69) is 10.6 Å². The zero-order chi connectivity index (χ0) is 11.7. The monoisotopic (exact) mass is 238 g/mol. The first-order valence-corrected chi connectivity index (χ1v) is 7.34. The van der Waals surface area contributed by atoms with Crippen LogP contribution >= 0.6 is 0 Å². The van der Waals surface area contributed by atoms with Crippen LogP contribution in [0.3, 0.4) is 0 Å². The van der Waals surface area contributed by atoms with Crippen molar-refractivity contribution in [1.29, 1.82) is 0 Å². The van der Waals surface area contributed by atoms with Gasteiger partial charge >= 0.3 is 0 Å². The van der Waals surface area contributed by atoms with E-state index in [1.165, 1.54) is 32.2 Å². The molecule has 0 aromatic heterocycles. The van der Waals surface area contributed by atoms with Gasteiger partial charge in [-0.1, -0.05) is 0 Å². The average molecular weight is 238 g/mol. The van der Waals surface area contributed by atoms with E-state index in [-0.39, 0.29) is 0 Å². The third-order valence-electron chi connectivity index (χ3n) is 4.81. The molecule has 17 heavy (non-hydrogen) atoms. The zero-order valence-electron chi connectivity index (χ0n) is 11.0. The van der Waals surface area contributed by atoms with Gasteiger partial charge in [-0.05, 0) is 57.0 Å². The van der Waals surface area contributed by atoms with Crippen molar-refractivity contribution in [2.24, 2.45) is 23.7 Å². The molecule has 0 radical (unpaired) electrons. The van der Waals surface area contributed by atoms with Crippen LogP contribution in [0.2, 0.25) is 0 Å². The highest BCUT2D eigenvalue weighted by Gasteiger charge is 2.41. The lowest BCUT2D eigenvalue weighted by atomic mass is 9.97. The van der Waals surface area contributed by atoms with E-state index in [9.17, 15) is 0 Å². The van der Waals surface area contributed by atoms with Gasteiger partial charge in [-0.3, -0.25) is 0 Å². The Hall–Kier alpha value is -0.120. The molecule has 3 aliphatic rings. The summed E-state index contributed by atoms with van der Waals surface area (Å²) in [4.78, 5) is 0. The van der Waals surface area contributed by atoms with Gasteiger partial charge in [0.1, 0.15) is 0 Å². The predicted molar refractivity (Wildman–Crippen MR) is 69.0 cm³/mol. The number of nitrogens with one attached hydrogen (secondary N) is 2. The minimum absolute atomic E-state index is 0.558. The number of likely N-dealkylation sites (N-methyl/N-ethyl adjacent to an activating group) is 1. The van der Waals surface area contributed by atoms with Crippen molar-refractivity contribution in [3.63, 3.8) is 0 Å². The zero-order valence-corrected chi connectivity index (χ0v) is 11.0. The molecule has 2 atom stereocenters. The molecule has 3 heteroatoms. The van der Waals surface area contributed by atoms with Gasteiger partial charge in [-0.2, -0.15) is 0 Å². The summed E-state index contributed by atoms with van der Waals surface area (Å²) in [7, 11) is 2.05. The third-order valence-corrected chi connectivity index (χ3v) is 4.81. The van der Waals surface area contributed by atoms with Gasteiger partial charge in [0.05, 0.1) is 13.2 Å².